The largest absolute Gasteiger partial charge is 0.497 e. The van der Waals surface area contributed by atoms with Crippen LogP contribution in [0.25, 0.3) is 10.9 Å². The Morgan fingerprint density at radius 1 is 0.885 bits per heavy atom. The summed E-state index contributed by atoms with van der Waals surface area (Å²) in [6, 6.07) is 18.2. The molecule has 0 amide bonds. The van der Waals surface area contributed by atoms with Crippen molar-refractivity contribution in [1.82, 2.24) is 15.0 Å². The van der Waals surface area contributed by atoms with E-state index in [9.17, 15) is 0 Å². The number of hydrogen-bond donors (Lipinski definition) is 1. The average molecular weight is 342 g/mol. The number of anilines is 2. The van der Waals surface area contributed by atoms with Crippen molar-refractivity contribution in [3.8, 4) is 5.75 Å². The molecule has 0 aliphatic rings. The van der Waals surface area contributed by atoms with Crippen molar-refractivity contribution in [1.29, 1.82) is 0 Å². The van der Waals surface area contributed by atoms with Crippen molar-refractivity contribution in [3.05, 3.63) is 84.4 Å². The van der Waals surface area contributed by atoms with Gasteiger partial charge >= 0.3 is 0 Å². The second-order valence-electron chi connectivity index (χ2n) is 5.96. The summed E-state index contributed by atoms with van der Waals surface area (Å²) in [7, 11) is 1.65. The van der Waals surface area contributed by atoms with Crippen molar-refractivity contribution in [2.24, 2.45) is 0 Å². The molecule has 2 aromatic heterocycles. The van der Waals surface area contributed by atoms with E-state index < -0.39 is 0 Å². The third kappa shape index (κ3) is 3.47. The Kier molecular flexibility index (Phi) is 4.43. The molecule has 0 aliphatic carbocycles. The van der Waals surface area contributed by atoms with E-state index in [0.29, 0.717) is 0 Å². The number of fused-ring (bicyclic) bond motifs is 1. The smallest absolute Gasteiger partial charge is 0.141 e. The molecular weight excluding hydrogens is 324 g/mol. The SMILES string of the molecule is COc1ccc2ncnc(Nc3ccc(Cc4ccncc4)cc3)c2c1. The molecule has 5 nitrogen and oxygen atoms in total. The van der Waals surface area contributed by atoms with Crippen LogP contribution in [0.1, 0.15) is 11.1 Å². The quantitative estimate of drug-likeness (QED) is 0.584. The summed E-state index contributed by atoms with van der Waals surface area (Å²) in [5.41, 5.74) is 4.34. The minimum atomic E-state index is 0.760. The van der Waals surface area contributed by atoms with Gasteiger partial charge in [-0.3, -0.25) is 4.98 Å². The molecule has 4 rings (SSSR count). The Morgan fingerprint density at radius 3 is 2.42 bits per heavy atom. The number of benzene rings is 2. The zero-order valence-corrected chi connectivity index (χ0v) is 14.4. The first-order valence-corrected chi connectivity index (χ1v) is 8.35. The molecule has 0 fully saturated rings. The lowest BCUT2D eigenvalue weighted by molar-refractivity contribution is 0.415. The average Bonchev–Trinajstić information content (AvgIpc) is 2.70. The second-order valence-corrected chi connectivity index (χ2v) is 5.96. The highest BCUT2D eigenvalue weighted by molar-refractivity contribution is 5.91. The molecular formula is C21H18N4O. The van der Waals surface area contributed by atoms with Gasteiger partial charge in [0.15, 0.2) is 0 Å². The van der Waals surface area contributed by atoms with Gasteiger partial charge in [-0.25, -0.2) is 9.97 Å². The van der Waals surface area contributed by atoms with Gasteiger partial charge in [0.05, 0.1) is 12.6 Å². The van der Waals surface area contributed by atoms with Gasteiger partial charge in [0.2, 0.25) is 0 Å². The molecule has 5 heteroatoms. The molecule has 0 unspecified atom stereocenters. The van der Waals surface area contributed by atoms with E-state index in [1.807, 2.05) is 42.7 Å². The summed E-state index contributed by atoms with van der Waals surface area (Å²) in [5, 5.41) is 4.30. The summed E-state index contributed by atoms with van der Waals surface area (Å²) in [6.45, 7) is 0. The molecule has 4 aromatic rings. The Morgan fingerprint density at radius 2 is 1.65 bits per heavy atom. The highest BCUT2D eigenvalue weighted by Crippen LogP contribution is 2.26. The normalized spacial score (nSPS) is 10.7. The lowest BCUT2D eigenvalue weighted by Gasteiger charge is -2.10. The van der Waals surface area contributed by atoms with Crippen LogP contribution in [0.4, 0.5) is 11.5 Å². The fraction of sp³-hybridized carbons (Fsp3) is 0.0952. The molecule has 0 spiro atoms. The first kappa shape index (κ1) is 16.0. The maximum Gasteiger partial charge on any atom is 0.141 e. The molecule has 0 aliphatic heterocycles. The van der Waals surface area contributed by atoms with Gasteiger partial charge in [-0.1, -0.05) is 12.1 Å². The third-order valence-electron chi connectivity index (χ3n) is 4.22. The van der Waals surface area contributed by atoms with Crippen molar-refractivity contribution < 1.29 is 4.74 Å². The van der Waals surface area contributed by atoms with Crippen molar-refractivity contribution >= 4 is 22.4 Å². The number of nitrogens with zero attached hydrogens (tertiary/aromatic N) is 3. The lowest BCUT2D eigenvalue weighted by atomic mass is 10.1. The summed E-state index contributed by atoms with van der Waals surface area (Å²) in [6.07, 6.45) is 6.09. The second kappa shape index (κ2) is 7.19. The van der Waals surface area contributed by atoms with Crippen LogP contribution in [0.2, 0.25) is 0 Å². The molecule has 1 N–H and O–H groups in total. The number of rotatable bonds is 5. The van der Waals surface area contributed by atoms with Gasteiger partial charge in [0, 0.05) is 23.5 Å². The minimum Gasteiger partial charge on any atom is -0.497 e. The Labute approximate surface area is 151 Å². The van der Waals surface area contributed by atoms with Gasteiger partial charge in [-0.15, -0.1) is 0 Å². The van der Waals surface area contributed by atoms with E-state index >= 15 is 0 Å². The number of pyridine rings is 1. The van der Waals surface area contributed by atoms with Crippen molar-refractivity contribution in [3.63, 3.8) is 0 Å². The highest BCUT2D eigenvalue weighted by atomic mass is 16.5. The maximum atomic E-state index is 5.31. The molecule has 2 aromatic carbocycles. The van der Waals surface area contributed by atoms with Crippen LogP contribution in [0.15, 0.2) is 73.3 Å². The Bertz CT molecular complexity index is 1020. The molecule has 0 radical (unpaired) electrons. The van der Waals surface area contributed by atoms with Crippen molar-refractivity contribution in [2.75, 3.05) is 12.4 Å². The molecule has 0 bridgehead atoms. The topological polar surface area (TPSA) is 59.9 Å². The zero-order valence-electron chi connectivity index (χ0n) is 14.4. The van der Waals surface area contributed by atoms with Crippen LogP contribution < -0.4 is 10.1 Å². The number of methoxy groups -OCH3 is 1. The molecule has 0 atom stereocenters. The van der Waals surface area contributed by atoms with Crippen LogP contribution >= 0.6 is 0 Å². The lowest BCUT2D eigenvalue weighted by Crippen LogP contribution is -1.97. The summed E-state index contributed by atoms with van der Waals surface area (Å²) >= 11 is 0. The third-order valence-corrected chi connectivity index (χ3v) is 4.22. The monoisotopic (exact) mass is 342 g/mol. The molecule has 0 saturated carbocycles. The van der Waals surface area contributed by atoms with E-state index in [2.05, 4.69) is 44.5 Å². The number of aromatic nitrogens is 3. The molecule has 128 valence electrons. The summed E-state index contributed by atoms with van der Waals surface area (Å²) in [5.74, 6) is 1.54. The Hall–Kier alpha value is -3.47. The van der Waals surface area contributed by atoms with Crippen LogP contribution in [-0.4, -0.2) is 22.1 Å². The van der Waals surface area contributed by atoms with E-state index in [1.54, 1.807) is 13.4 Å². The maximum absolute atomic E-state index is 5.31. The van der Waals surface area contributed by atoms with Crippen LogP contribution in [0, 0.1) is 0 Å². The van der Waals surface area contributed by atoms with Gasteiger partial charge in [-0.2, -0.15) is 0 Å². The molecule has 26 heavy (non-hydrogen) atoms. The van der Waals surface area contributed by atoms with E-state index in [4.69, 9.17) is 4.74 Å². The standard InChI is InChI=1S/C21H18N4O/c1-26-18-6-7-20-19(13-18)21(24-14-23-20)25-17-4-2-15(3-5-17)12-16-8-10-22-11-9-16/h2-11,13-14H,12H2,1H3,(H,23,24,25). The predicted octanol–water partition coefficient (Wildman–Crippen LogP) is 4.37. The van der Waals surface area contributed by atoms with Crippen LogP contribution in [0.5, 0.6) is 5.75 Å². The predicted molar refractivity (Wildman–Crippen MR) is 103 cm³/mol. The Balaban J connectivity index is 1.57. The minimum absolute atomic E-state index is 0.760. The first-order chi connectivity index (χ1) is 12.8. The number of ether oxygens (including phenoxy) is 1. The number of nitrogens with one attached hydrogen (secondary N) is 1. The van der Waals surface area contributed by atoms with Crippen molar-refractivity contribution in [2.45, 2.75) is 6.42 Å². The van der Waals surface area contributed by atoms with Gasteiger partial charge in [-0.05, 0) is 60.0 Å². The van der Waals surface area contributed by atoms with Crippen LogP contribution in [-0.2, 0) is 6.42 Å². The van der Waals surface area contributed by atoms with E-state index in [-0.39, 0.29) is 0 Å². The fourth-order valence-corrected chi connectivity index (χ4v) is 2.84. The zero-order chi connectivity index (χ0) is 17.8. The summed E-state index contributed by atoms with van der Waals surface area (Å²) in [4.78, 5) is 12.7. The summed E-state index contributed by atoms with van der Waals surface area (Å²) < 4.78 is 5.31. The highest BCUT2D eigenvalue weighted by Gasteiger charge is 2.06. The van der Waals surface area contributed by atoms with E-state index in [1.165, 1.54) is 11.1 Å². The molecule has 0 saturated heterocycles. The van der Waals surface area contributed by atoms with Gasteiger partial charge in [0.1, 0.15) is 17.9 Å². The number of hydrogen-bond acceptors (Lipinski definition) is 5. The van der Waals surface area contributed by atoms with E-state index in [0.717, 1.165) is 34.6 Å². The fourth-order valence-electron chi connectivity index (χ4n) is 2.84. The van der Waals surface area contributed by atoms with Crippen LogP contribution in [0.3, 0.4) is 0 Å². The molecule has 2 heterocycles. The van der Waals surface area contributed by atoms with Gasteiger partial charge in [0.25, 0.3) is 0 Å². The first-order valence-electron chi connectivity index (χ1n) is 8.35. The van der Waals surface area contributed by atoms with Gasteiger partial charge < -0.3 is 10.1 Å².